The third-order valence-corrected chi connectivity index (χ3v) is 2.89. The standard InChI is InChI=1S/C13H21ClN2/c1-11(2)16(9-5-8-14)10-13-7-4-6-12(3)15-13/h4,6-7,11H,5,8-10H2,1-3H3. The summed E-state index contributed by atoms with van der Waals surface area (Å²) in [6.45, 7) is 8.41. The van der Waals surface area contributed by atoms with Gasteiger partial charge in [-0.3, -0.25) is 9.88 Å². The molecule has 0 saturated heterocycles. The molecular formula is C13H21ClN2. The quantitative estimate of drug-likeness (QED) is 0.710. The first kappa shape index (κ1) is 13.5. The summed E-state index contributed by atoms with van der Waals surface area (Å²) in [5.74, 6) is 0.727. The summed E-state index contributed by atoms with van der Waals surface area (Å²) in [4.78, 5) is 6.94. The monoisotopic (exact) mass is 240 g/mol. The minimum atomic E-state index is 0.533. The number of halogens is 1. The van der Waals surface area contributed by atoms with Crippen molar-refractivity contribution in [2.75, 3.05) is 12.4 Å². The summed E-state index contributed by atoms with van der Waals surface area (Å²) in [5, 5.41) is 0. The Morgan fingerprint density at radius 3 is 2.69 bits per heavy atom. The number of pyridine rings is 1. The summed E-state index contributed by atoms with van der Waals surface area (Å²) >= 11 is 5.74. The van der Waals surface area contributed by atoms with E-state index < -0.39 is 0 Å². The molecule has 1 aromatic rings. The normalized spacial score (nSPS) is 11.4. The van der Waals surface area contributed by atoms with Crippen molar-refractivity contribution in [1.82, 2.24) is 9.88 Å². The zero-order valence-electron chi connectivity index (χ0n) is 10.4. The Bertz CT molecular complexity index is 313. The predicted molar refractivity (Wildman–Crippen MR) is 69.9 cm³/mol. The van der Waals surface area contributed by atoms with Crippen molar-refractivity contribution in [3.8, 4) is 0 Å². The molecule has 0 unspecified atom stereocenters. The van der Waals surface area contributed by atoms with Gasteiger partial charge in [0.1, 0.15) is 0 Å². The highest BCUT2D eigenvalue weighted by Crippen LogP contribution is 2.08. The van der Waals surface area contributed by atoms with E-state index in [1.165, 1.54) is 0 Å². The highest BCUT2D eigenvalue weighted by molar-refractivity contribution is 6.17. The summed E-state index contributed by atoms with van der Waals surface area (Å²) in [6, 6.07) is 6.72. The minimum Gasteiger partial charge on any atom is -0.295 e. The maximum Gasteiger partial charge on any atom is 0.0547 e. The van der Waals surface area contributed by atoms with E-state index in [1.807, 2.05) is 13.0 Å². The number of rotatable bonds is 6. The number of hydrogen-bond donors (Lipinski definition) is 0. The zero-order valence-corrected chi connectivity index (χ0v) is 11.2. The lowest BCUT2D eigenvalue weighted by Gasteiger charge is -2.25. The van der Waals surface area contributed by atoms with Crippen molar-refractivity contribution in [2.45, 2.75) is 39.8 Å². The smallest absolute Gasteiger partial charge is 0.0547 e. The molecule has 0 aromatic carbocycles. The molecule has 0 amide bonds. The van der Waals surface area contributed by atoms with Crippen LogP contribution in [0.2, 0.25) is 0 Å². The van der Waals surface area contributed by atoms with E-state index in [0.29, 0.717) is 6.04 Å². The van der Waals surface area contributed by atoms with Crippen LogP contribution in [-0.2, 0) is 6.54 Å². The Balaban J connectivity index is 2.60. The van der Waals surface area contributed by atoms with Crippen LogP contribution < -0.4 is 0 Å². The van der Waals surface area contributed by atoms with Crippen molar-refractivity contribution < 1.29 is 0 Å². The van der Waals surface area contributed by atoms with E-state index in [4.69, 9.17) is 11.6 Å². The van der Waals surface area contributed by atoms with Crippen LogP contribution in [0, 0.1) is 6.92 Å². The number of alkyl halides is 1. The van der Waals surface area contributed by atoms with Crippen molar-refractivity contribution in [1.29, 1.82) is 0 Å². The van der Waals surface area contributed by atoms with Gasteiger partial charge in [-0.2, -0.15) is 0 Å². The first-order valence-corrected chi connectivity index (χ1v) is 6.39. The fourth-order valence-electron chi connectivity index (χ4n) is 1.68. The number of hydrogen-bond acceptors (Lipinski definition) is 2. The Morgan fingerprint density at radius 2 is 2.12 bits per heavy atom. The van der Waals surface area contributed by atoms with Gasteiger partial charge in [0.2, 0.25) is 0 Å². The van der Waals surface area contributed by atoms with Crippen LogP contribution in [0.4, 0.5) is 0 Å². The predicted octanol–water partition coefficient (Wildman–Crippen LogP) is 3.23. The average Bonchev–Trinajstić information content (AvgIpc) is 2.24. The Labute approximate surface area is 104 Å². The molecule has 3 heteroatoms. The van der Waals surface area contributed by atoms with E-state index in [2.05, 4.69) is 35.9 Å². The third-order valence-electron chi connectivity index (χ3n) is 2.62. The van der Waals surface area contributed by atoms with Crippen molar-refractivity contribution in [2.24, 2.45) is 0 Å². The Hall–Kier alpha value is -0.600. The molecule has 1 rings (SSSR count). The maximum atomic E-state index is 5.74. The molecule has 0 aliphatic rings. The third kappa shape index (κ3) is 4.50. The summed E-state index contributed by atoms with van der Waals surface area (Å²) < 4.78 is 0. The van der Waals surface area contributed by atoms with E-state index in [1.54, 1.807) is 0 Å². The average molecular weight is 241 g/mol. The molecule has 0 bridgehead atoms. The summed E-state index contributed by atoms with van der Waals surface area (Å²) in [5.41, 5.74) is 2.22. The van der Waals surface area contributed by atoms with Gasteiger partial charge in [-0.25, -0.2) is 0 Å². The molecule has 0 saturated carbocycles. The number of nitrogens with zero attached hydrogens (tertiary/aromatic N) is 2. The molecule has 0 N–H and O–H groups in total. The second kappa shape index (κ2) is 6.87. The molecule has 1 heterocycles. The molecule has 0 aliphatic carbocycles. The van der Waals surface area contributed by atoms with Crippen molar-refractivity contribution in [3.63, 3.8) is 0 Å². The summed E-state index contributed by atoms with van der Waals surface area (Å²) in [7, 11) is 0. The number of aromatic nitrogens is 1. The van der Waals surface area contributed by atoms with Crippen LogP contribution in [0.25, 0.3) is 0 Å². The van der Waals surface area contributed by atoms with Gasteiger partial charge < -0.3 is 0 Å². The lowest BCUT2D eigenvalue weighted by Crippen LogP contribution is -2.31. The van der Waals surface area contributed by atoms with Crippen LogP contribution in [-0.4, -0.2) is 28.4 Å². The Morgan fingerprint density at radius 1 is 1.38 bits per heavy atom. The van der Waals surface area contributed by atoms with E-state index in [9.17, 15) is 0 Å². The van der Waals surface area contributed by atoms with E-state index in [-0.39, 0.29) is 0 Å². The molecular weight excluding hydrogens is 220 g/mol. The number of aryl methyl sites for hydroxylation is 1. The van der Waals surface area contributed by atoms with Gasteiger partial charge in [-0.05, 0) is 45.9 Å². The van der Waals surface area contributed by atoms with Crippen molar-refractivity contribution in [3.05, 3.63) is 29.6 Å². The van der Waals surface area contributed by atoms with Crippen LogP contribution in [0.1, 0.15) is 31.7 Å². The molecule has 16 heavy (non-hydrogen) atoms. The van der Waals surface area contributed by atoms with Gasteiger partial charge in [-0.15, -0.1) is 11.6 Å². The highest BCUT2D eigenvalue weighted by atomic mass is 35.5. The Kier molecular flexibility index (Phi) is 5.78. The molecule has 0 radical (unpaired) electrons. The van der Waals surface area contributed by atoms with E-state index >= 15 is 0 Å². The SMILES string of the molecule is Cc1cccc(CN(CCCCl)C(C)C)n1. The van der Waals surface area contributed by atoms with Gasteiger partial charge in [0, 0.05) is 24.2 Å². The first-order valence-electron chi connectivity index (χ1n) is 5.86. The van der Waals surface area contributed by atoms with Gasteiger partial charge in [0.05, 0.1) is 5.69 Å². The van der Waals surface area contributed by atoms with E-state index in [0.717, 1.165) is 36.8 Å². The van der Waals surface area contributed by atoms with Crippen molar-refractivity contribution >= 4 is 11.6 Å². The van der Waals surface area contributed by atoms with Gasteiger partial charge in [0.15, 0.2) is 0 Å². The van der Waals surface area contributed by atoms with Crippen LogP contribution in [0.5, 0.6) is 0 Å². The van der Waals surface area contributed by atoms with Gasteiger partial charge in [-0.1, -0.05) is 6.07 Å². The molecule has 0 atom stereocenters. The van der Waals surface area contributed by atoms with Crippen LogP contribution >= 0.6 is 11.6 Å². The topological polar surface area (TPSA) is 16.1 Å². The zero-order chi connectivity index (χ0) is 12.0. The molecule has 0 spiro atoms. The maximum absolute atomic E-state index is 5.74. The second-order valence-corrected chi connectivity index (χ2v) is 4.76. The fraction of sp³-hybridized carbons (Fsp3) is 0.615. The van der Waals surface area contributed by atoms with Crippen LogP contribution in [0.3, 0.4) is 0 Å². The molecule has 0 aliphatic heterocycles. The summed E-state index contributed by atoms with van der Waals surface area (Å²) in [6.07, 6.45) is 1.03. The van der Waals surface area contributed by atoms with Gasteiger partial charge in [0.25, 0.3) is 0 Å². The first-order chi connectivity index (χ1) is 7.63. The van der Waals surface area contributed by atoms with Gasteiger partial charge >= 0.3 is 0 Å². The lowest BCUT2D eigenvalue weighted by atomic mass is 10.2. The lowest BCUT2D eigenvalue weighted by molar-refractivity contribution is 0.211. The highest BCUT2D eigenvalue weighted by Gasteiger charge is 2.10. The molecule has 1 aromatic heterocycles. The van der Waals surface area contributed by atoms with Crippen LogP contribution in [0.15, 0.2) is 18.2 Å². The minimum absolute atomic E-state index is 0.533. The second-order valence-electron chi connectivity index (χ2n) is 4.38. The molecule has 90 valence electrons. The molecule has 0 fully saturated rings. The largest absolute Gasteiger partial charge is 0.295 e. The fourth-order valence-corrected chi connectivity index (χ4v) is 1.80. The molecule has 2 nitrogen and oxygen atoms in total.